The summed E-state index contributed by atoms with van der Waals surface area (Å²) >= 11 is 5.97. The van der Waals surface area contributed by atoms with E-state index >= 15 is 0 Å². The number of halogens is 2. The molecule has 2 nitrogen and oxygen atoms in total. The average Bonchev–Trinajstić information content (AvgIpc) is 2.58. The Bertz CT molecular complexity index is 409. The monoisotopic (exact) mass is 270 g/mol. The van der Waals surface area contributed by atoms with Crippen molar-refractivity contribution in [1.82, 2.24) is 5.32 Å². The van der Waals surface area contributed by atoms with E-state index in [4.69, 9.17) is 11.6 Å². The third kappa shape index (κ3) is 3.15. The molecule has 100 valence electrons. The molecule has 0 saturated carbocycles. The predicted molar refractivity (Wildman–Crippen MR) is 74.9 cm³/mol. The lowest BCUT2D eigenvalue weighted by Gasteiger charge is -2.28. The van der Waals surface area contributed by atoms with Gasteiger partial charge >= 0.3 is 0 Å². The van der Waals surface area contributed by atoms with E-state index in [0.29, 0.717) is 22.7 Å². The van der Waals surface area contributed by atoms with E-state index < -0.39 is 0 Å². The number of rotatable bonds is 2. The van der Waals surface area contributed by atoms with Crippen molar-refractivity contribution in [2.24, 2.45) is 5.92 Å². The molecule has 0 aromatic heterocycles. The predicted octanol–water partition coefficient (Wildman–Crippen LogP) is 3.30. The lowest BCUT2D eigenvalue weighted by Crippen LogP contribution is -2.41. The Hall–Kier alpha value is -0.800. The van der Waals surface area contributed by atoms with E-state index in [0.717, 1.165) is 26.1 Å². The Morgan fingerprint density at radius 3 is 2.94 bits per heavy atom. The van der Waals surface area contributed by atoms with Crippen molar-refractivity contribution < 1.29 is 4.39 Å². The van der Waals surface area contributed by atoms with Crippen LogP contribution in [0.2, 0.25) is 5.02 Å². The van der Waals surface area contributed by atoms with Crippen LogP contribution in [0.3, 0.4) is 0 Å². The van der Waals surface area contributed by atoms with Gasteiger partial charge in [0, 0.05) is 24.2 Å². The van der Waals surface area contributed by atoms with E-state index in [2.05, 4.69) is 24.1 Å². The minimum Gasteiger partial charge on any atom is -0.368 e. The van der Waals surface area contributed by atoms with Crippen LogP contribution in [0.5, 0.6) is 0 Å². The summed E-state index contributed by atoms with van der Waals surface area (Å²) in [5.41, 5.74) is 0.622. The van der Waals surface area contributed by atoms with Gasteiger partial charge in [-0.2, -0.15) is 0 Å². The maximum absolute atomic E-state index is 13.9. The zero-order chi connectivity index (χ0) is 13.1. The summed E-state index contributed by atoms with van der Waals surface area (Å²) in [6, 6.07) is 5.15. The van der Waals surface area contributed by atoms with E-state index in [1.807, 2.05) is 0 Å². The van der Waals surface area contributed by atoms with Crippen LogP contribution in [-0.2, 0) is 0 Å². The molecule has 1 atom stereocenters. The number of hydrogen-bond acceptors (Lipinski definition) is 2. The molecule has 1 aromatic rings. The van der Waals surface area contributed by atoms with Crippen LogP contribution < -0.4 is 10.2 Å². The zero-order valence-electron chi connectivity index (χ0n) is 10.9. The Morgan fingerprint density at radius 2 is 2.22 bits per heavy atom. The first-order valence-electron chi connectivity index (χ1n) is 6.51. The second-order valence-electron chi connectivity index (χ2n) is 5.20. The fraction of sp³-hybridized carbons (Fsp3) is 0.571. The Balaban J connectivity index is 2.22. The normalized spacial score (nSPS) is 21.2. The van der Waals surface area contributed by atoms with Gasteiger partial charge in [0.2, 0.25) is 0 Å². The van der Waals surface area contributed by atoms with Gasteiger partial charge in [0.25, 0.3) is 0 Å². The van der Waals surface area contributed by atoms with E-state index in [1.165, 1.54) is 6.07 Å². The van der Waals surface area contributed by atoms with E-state index in [9.17, 15) is 4.39 Å². The number of benzene rings is 1. The van der Waals surface area contributed by atoms with Gasteiger partial charge in [-0.15, -0.1) is 0 Å². The average molecular weight is 271 g/mol. The minimum absolute atomic E-state index is 0.191. The SMILES string of the molecule is CC(C)C1CN(c2cc(Cl)ccc2F)CCCN1. The molecule has 1 aliphatic heterocycles. The van der Waals surface area contributed by atoms with Crippen molar-refractivity contribution in [1.29, 1.82) is 0 Å². The molecule has 1 aliphatic rings. The highest BCUT2D eigenvalue weighted by atomic mass is 35.5. The quantitative estimate of drug-likeness (QED) is 0.887. The fourth-order valence-electron chi connectivity index (χ4n) is 2.34. The van der Waals surface area contributed by atoms with Crippen molar-refractivity contribution in [3.05, 3.63) is 29.0 Å². The molecule has 0 radical (unpaired) electrons. The highest BCUT2D eigenvalue weighted by Crippen LogP contribution is 2.25. The first kappa shape index (κ1) is 13.6. The minimum atomic E-state index is -0.191. The van der Waals surface area contributed by atoms with Crippen LogP contribution in [0.25, 0.3) is 0 Å². The van der Waals surface area contributed by atoms with Crippen LogP contribution in [0.15, 0.2) is 18.2 Å². The Labute approximate surface area is 113 Å². The van der Waals surface area contributed by atoms with Crippen LogP contribution in [0, 0.1) is 11.7 Å². The van der Waals surface area contributed by atoms with E-state index in [1.54, 1.807) is 12.1 Å². The number of nitrogens with zero attached hydrogens (tertiary/aromatic N) is 1. The standard InChI is InChI=1S/C14H20ClFN2/c1-10(2)13-9-18(7-3-6-17-13)14-8-11(15)4-5-12(14)16/h4-5,8,10,13,17H,3,6-7,9H2,1-2H3. The molecule has 1 fully saturated rings. The van der Waals surface area contributed by atoms with Gasteiger partial charge in [0.1, 0.15) is 5.82 Å². The summed E-state index contributed by atoms with van der Waals surface area (Å²) in [6.45, 7) is 7.06. The van der Waals surface area contributed by atoms with Gasteiger partial charge < -0.3 is 10.2 Å². The molecule has 0 bridgehead atoms. The van der Waals surface area contributed by atoms with Gasteiger partial charge in [-0.1, -0.05) is 25.4 Å². The molecule has 1 heterocycles. The van der Waals surface area contributed by atoms with Crippen molar-refractivity contribution in [2.75, 3.05) is 24.5 Å². The number of nitrogens with one attached hydrogen (secondary N) is 1. The summed E-state index contributed by atoms with van der Waals surface area (Å²) < 4.78 is 13.9. The molecule has 1 N–H and O–H groups in total. The third-order valence-electron chi connectivity index (χ3n) is 3.48. The molecule has 0 amide bonds. The summed E-state index contributed by atoms with van der Waals surface area (Å²) in [6.07, 6.45) is 1.02. The van der Waals surface area contributed by atoms with Gasteiger partial charge in [-0.3, -0.25) is 0 Å². The van der Waals surface area contributed by atoms with E-state index in [-0.39, 0.29) is 5.82 Å². The van der Waals surface area contributed by atoms with Crippen molar-refractivity contribution in [3.8, 4) is 0 Å². The molecule has 2 rings (SSSR count). The molecule has 0 spiro atoms. The molecule has 0 aliphatic carbocycles. The number of hydrogen-bond donors (Lipinski definition) is 1. The second-order valence-corrected chi connectivity index (χ2v) is 5.64. The van der Waals surface area contributed by atoms with Gasteiger partial charge in [-0.05, 0) is 37.1 Å². The van der Waals surface area contributed by atoms with Gasteiger partial charge in [0.15, 0.2) is 0 Å². The molecule has 1 saturated heterocycles. The van der Waals surface area contributed by atoms with Gasteiger partial charge in [-0.25, -0.2) is 4.39 Å². The van der Waals surface area contributed by atoms with Crippen LogP contribution in [0.1, 0.15) is 20.3 Å². The molecule has 1 aromatic carbocycles. The summed E-state index contributed by atoms with van der Waals surface area (Å²) in [5, 5.41) is 4.11. The topological polar surface area (TPSA) is 15.3 Å². The van der Waals surface area contributed by atoms with Crippen molar-refractivity contribution >= 4 is 17.3 Å². The highest BCUT2D eigenvalue weighted by Gasteiger charge is 2.22. The number of anilines is 1. The Morgan fingerprint density at radius 1 is 1.44 bits per heavy atom. The Kier molecular flexibility index (Phi) is 4.46. The fourth-order valence-corrected chi connectivity index (χ4v) is 2.51. The lowest BCUT2D eigenvalue weighted by atomic mass is 10.0. The lowest BCUT2D eigenvalue weighted by molar-refractivity contribution is 0.419. The van der Waals surface area contributed by atoms with Crippen LogP contribution >= 0.6 is 11.6 Å². The van der Waals surface area contributed by atoms with Crippen LogP contribution in [-0.4, -0.2) is 25.7 Å². The molecule has 4 heteroatoms. The largest absolute Gasteiger partial charge is 0.368 e. The molecular formula is C14H20ClFN2. The maximum atomic E-state index is 13.9. The third-order valence-corrected chi connectivity index (χ3v) is 3.72. The summed E-state index contributed by atoms with van der Waals surface area (Å²) in [4.78, 5) is 2.10. The second kappa shape index (κ2) is 5.89. The highest BCUT2D eigenvalue weighted by molar-refractivity contribution is 6.30. The summed E-state index contributed by atoms with van der Waals surface area (Å²) in [7, 11) is 0. The molecule has 1 unspecified atom stereocenters. The first-order chi connectivity index (χ1) is 8.58. The van der Waals surface area contributed by atoms with Crippen molar-refractivity contribution in [2.45, 2.75) is 26.3 Å². The summed E-state index contributed by atoms with van der Waals surface area (Å²) in [5.74, 6) is 0.344. The van der Waals surface area contributed by atoms with Crippen molar-refractivity contribution in [3.63, 3.8) is 0 Å². The smallest absolute Gasteiger partial charge is 0.146 e. The molecular weight excluding hydrogens is 251 g/mol. The first-order valence-corrected chi connectivity index (χ1v) is 6.89. The maximum Gasteiger partial charge on any atom is 0.146 e. The molecule has 18 heavy (non-hydrogen) atoms. The zero-order valence-corrected chi connectivity index (χ0v) is 11.7. The van der Waals surface area contributed by atoms with Gasteiger partial charge in [0.05, 0.1) is 5.69 Å². The van der Waals surface area contributed by atoms with Crippen LogP contribution in [0.4, 0.5) is 10.1 Å².